The lowest BCUT2D eigenvalue weighted by atomic mass is 10.2. The molecule has 0 radical (unpaired) electrons. The molecule has 0 N–H and O–H groups in total. The van der Waals surface area contributed by atoms with Crippen molar-refractivity contribution in [3.63, 3.8) is 0 Å². The number of benzene rings is 1. The number of hydrogen-bond acceptors (Lipinski definition) is 2. The van der Waals surface area contributed by atoms with E-state index in [1.54, 1.807) is 22.3 Å². The van der Waals surface area contributed by atoms with Gasteiger partial charge in [0.25, 0.3) is 0 Å². The first-order valence-corrected chi connectivity index (χ1v) is 7.97. The number of halogens is 2. The van der Waals surface area contributed by atoms with Crippen LogP contribution in [0.25, 0.3) is 6.08 Å². The van der Waals surface area contributed by atoms with Crippen molar-refractivity contribution in [2.24, 2.45) is 0 Å². The Morgan fingerprint density at radius 3 is 2.77 bits per heavy atom. The molecule has 5 heteroatoms. The quantitative estimate of drug-likeness (QED) is 0.755. The van der Waals surface area contributed by atoms with Crippen LogP contribution in [0.3, 0.4) is 0 Å². The minimum atomic E-state index is -0.610. The average Bonchev–Trinajstić information content (AvgIpc) is 3.19. The summed E-state index contributed by atoms with van der Waals surface area (Å²) in [5, 5.41) is 1.94. The average molecular weight is 319 g/mol. The lowest BCUT2D eigenvalue weighted by Gasteiger charge is -2.21. The summed E-state index contributed by atoms with van der Waals surface area (Å²) in [4.78, 5) is 15.0. The van der Waals surface area contributed by atoms with Gasteiger partial charge in [-0.2, -0.15) is 0 Å². The van der Waals surface area contributed by atoms with Crippen LogP contribution in [-0.4, -0.2) is 16.8 Å². The molecule has 1 aliphatic carbocycles. The highest BCUT2D eigenvalue weighted by molar-refractivity contribution is 7.10. The van der Waals surface area contributed by atoms with E-state index in [0.29, 0.717) is 5.56 Å². The van der Waals surface area contributed by atoms with Gasteiger partial charge in [-0.3, -0.25) is 4.79 Å². The minimum absolute atomic E-state index is 0.139. The summed E-state index contributed by atoms with van der Waals surface area (Å²) in [7, 11) is 0. The van der Waals surface area contributed by atoms with Gasteiger partial charge in [-0.1, -0.05) is 12.1 Å². The molecule has 0 aliphatic heterocycles. The zero-order valence-electron chi connectivity index (χ0n) is 11.8. The van der Waals surface area contributed by atoms with Crippen molar-refractivity contribution >= 4 is 23.3 Å². The minimum Gasteiger partial charge on any atom is -0.332 e. The van der Waals surface area contributed by atoms with Gasteiger partial charge >= 0.3 is 0 Å². The van der Waals surface area contributed by atoms with E-state index in [1.165, 1.54) is 18.2 Å². The molecule has 1 aromatic heterocycles. The highest BCUT2D eigenvalue weighted by atomic mass is 32.1. The van der Waals surface area contributed by atoms with Crippen LogP contribution in [0.5, 0.6) is 0 Å². The number of nitrogens with zero attached hydrogens (tertiary/aromatic N) is 1. The van der Waals surface area contributed by atoms with E-state index >= 15 is 0 Å². The van der Waals surface area contributed by atoms with Crippen molar-refractivity contribution in [3.05, 3.63) is 63.9 Å². The van der Waals surface area contributed by atoms with Crippen molar-refractivity contribution in [3.8, 4) is 0 Å². The molecule has 1 amide bonds. The molecule has 0 unspecified atom stereocenters. The third-order valence-electron chi connectivity index (χ3n) is 3.56. The second-order valence-corrected chi connectivity index (χ2v) is 6.26. The van der Waals surface area contributed by atoms with Crippen molar-refractivity contribution in [1.82, 2.24) is 4.90 Å². The van der Waals surface area contributed by atoms with Gasteiger partial charge < -0.3 is 4.90 Å². The van der Waals surface area contributed by atoms with E-state index in [9.17, 15) is 13.6 Å². The normalized spacial score (nSPS) is 14.5. The fraction of sp³-hybridized carbons (Fsp3) is 0.235. The Kier molecular flexibility index (Phi) is 4.34. The van der Waals surface area contributed by atoms with Crippen molar-refractivity contribution in [1.29, 1.82) is 0 Å². The first kappa shape index (κ1) is 14.9. The predicted molar refractivity (Wildman–Crippen MR) is 83.3 cm³/mol. The van der Waals surface area contributed by atoms with Gasteiger partial charge in [-0.25, -0.2) is 8.78 Å². The molecule has 0 spiro atoms. The van der Waals surface area contributed by atoms with Crippen molar-refractivity contribution in [2.75, 3.05) is 0 Å². The molecule has 1 aromatic carbocycles. The number of hydrogen-bond donors (Lipinski definition) is 0. The van der Waals surface area contributed by atoms with Crippen LogP contribution in [0.4, 0.5) is 8.78 Å². The lowest BCUT2D eigenvalue weighted by molar-refractivity contribution is -0.127. The van der Waals surface area contributed by atoms with E-state index in [4.69, 9.17) is 0 Å². The Morgan fingerprint density at radius 1 is 1.32 bits per heavy atom. The summed E-state index contributed by atoms with van der Waals surface area (Å²) in [5.41, 5.74) is 0.339. The standard InChI is InChI=1S/C17H15F2NOS/c18-13-4-3-12(16(19)10-13)11-20(14-5-6-14)17(21)8-7-15-2-1-9-22-15/h1-4,7-10,14H,5-6,11H2/b8-7+. The van der Waals surface area contributed by atoms with Gasteiger partial charge in [0.05, 0.1) is 0 Å². The van der Waals surface area contributed by atoms with Gasteiger partial charge in [-0.15, -0.1) is 11.3 Å². The van der Waals surface area contributed by atoms with Crippen LogP contribution >= 0.6 is 11.3 Å². The first-order chi connectivity index (χ1) is 10.6. The molecule has 1 heterocycles. The smallest absolute Gasteiger partial charge is 0.247 e. The number of carbonyl (C=O) groups excluding carboxylic acids is 1. The highest BCUT2D eigenvalue weighted by Crippen LogP contribution is 2.29. The molecule has 114 valence electrons. The second kappa shape index (κ2) is 6.40. The SMILES string of the molecule is O=C(/C=C/c1cccs1)N(Cc1ccc(F)cc1F)C1CC1. The summed E-state index contributed by atoms with van der Waals surface area (Å²) in [6.07, 6.45) is 5.15. The molecule has 0 bridgehead atoms. The van der Waals surface area contributed by atoms with Crippen LogP contribution in [0, 0.1) is 11.6 Å². The molecule has 1 saturated carbocycles. The molecule has 1 aliphatic rings. The van der Waals surface area contributed by atoms with Crippen LogP contribution in [0.1, 0.15) is 23.3 Å². The summed E-state index contributed by atoms with van der Waals surface area (Å²) >= 11 is 1.55. The predicted octanol–water partition coefficient (Wildman–Crippen LogP) is 4.23. The number of amides is 1. The molecule has 2 aromatic rings. The zero-order valence-corrected chi connectivity index (χ0v) is 12.7. The lowest BCUT2D eigenvalue weighted by Crippen LogP contribution is -2.31. The van der Waals surface area contributed by atoms with Crippen LogP contribution < -0.4 is 0 Å². The van der Waals surface area contributed by atoms with Crippen LogP contribution in [-0.2, 0) is 11.3 Å². The van der Waals surface area contributed by atoms with Crippen LogP contribution in [0.2, 0.25) is 0 Å². The Balaban J connectivity index is 1.73. The van der Waals surface area contributed by atoms with Crippen molar-refractivity contribution in [2.45, 2.75) is 25.4 Å². The number of rotatable bonds is 5. The molecule has 22 heavy (non-hydrogen) atoms. The third-order valence-corrected chi connectivity index (χ3v) is 4.40. The van der Waals surface area contributed by atoms with E-state index in [2.05, 4.69) is 0 Å². The van der Waals surface area contributed by atoms with Gasteiger partial charge in [-0.05, 0) is 36.4 Å². The highest BCUT2D eigenvalue weighted by Gasteiger charge is 2.32. The molecule has 3 rings (SSSR count). The fourth-order valence-electron chi connectivity index (χ4n) is 2.24. The van der Waals surface area contributed by atoms with Crippen molar-refractivity contribution < 1.29 is 13.6 Å². The Morgan fingerprint density at radius 2 is 2.14 bits per heavy atom. The van der Waals surface area contributed by atoms with E-state index in [0.717, 1.165) is 23.8 Å². The molecular weight excluding hydrogens is 304 g/mol. The number of carbonyl (C=O) groups is 1. The Bertz CT molecular complexity index is 693. The van der Waals surface area contributed by atoms with Gasteiger partial charge in [0.15, 0.2) is 0 Å². The molecular formula is C17H15F2NOS. The van der Waals surface area contributed by atoms with E-state index in [1.807, 2.05) is 17.5 Å². The Hall–Kier alpha value is -2.01. The summed E-state index contributed by atoms with van der Waals surface area (Å²) in [6, 6.07) is 7.47. The van der Waals surface area contributed by atoms with Gasteiger partial charge in [0.2, 0.25) is 5.91 Å². The Labute approximate surface area is 131 Å². The summed E-state index contributed by atoms with van der Waals surface area (Å²) < 4.78 is 26.7. The molecule has 2 nitrogen and oxygen atoms in total. The maximum atomic E-state index is 13.8. The zero-order chi connectivity index (χ0) is 15.5. The maximum Gasteiger partial charge on any atom is 0.247 e. The second-order valence-electron chi connectivity index (χ2n) is 5.28. The van der Waals surface area contributed by atoms with Gasteiger partial charge in [0.1, 0.15) is 11.6 Å². The van der Waals surface area contributed by atoms with E-state index in [-0.39, 0.29) is 18.5 Å². The summed E-state index contributed by atoms with van der Waals surface area (Å²) in [6.45, 7) is 0.171. The molecule has 1 fully saturated rings. The largest absolute Gasteiger partial charge is 0.332 e. The fourth-order valence-corrected chi connectivity index (χ4v) is 2.86. The third kappa shape index (κ3) is 3.60. The van der Waals surface area contributed by atoms with Crippen LogP contribution in [0.15, 0.2) is 41.8 Å². The number of thiophene rings is 1. The van der Waals surface area contributed by atoms with E-state index < -0.39 is 11.6 Å². The summed E-state index contributed by atoms with van der Waals surface area (Å²) in [5.74, 6) is -1.36. The molecule has 0 saturated heterocycles. The molecule has 0 atom stereocenters. The monoisotopic (exact) mass is 319 g/mol. The van der Waals surface area contributed by atoms with Gasteiger partial charge in [0, 0.05) is 35.2 Å². The first-order valence-electron chi connectivity index (χ1n) is 7.09. The topological polar surface area (TPSA) is 20.3 Å². The maximum absolute atomic E-state index is 13.8.